The van der Waals surface area contributed by atoms with Crippen LogP contribution >= 0.6 is 0 Å². The molecule has 1 saturated carbocycles. The molecule has 2 aromatic rings. The van der Waals surface area contributed by atoms with E-state index in [1.807, 2.05) is 0 Å². The summed E-state index contributed by atoms with van der Waals surface area (Å²) < 4.78 is 69.7. The number of benzene rings is 2. The van der Waals surface area contributed by atoms with Crippen LogP contribution in [0.2, 0.25) is 0 Å². The fourth-order valence-electron chi connectivity index (χ4n) is 4.31. The van der Waals surface area contributed by atoms with Crippen molar-refractivity contribution in [2.45, 2.75) is 57.5 Å². The smallest absolute Gasteiger partial charge is 0.435 e. The summed E-state index contributed by atoms with van der Waals surface area (Å²) in [5.41, 5.74) is 0.743. The maximum Gasteiger partial charge on any atom is 0.573 e. The van der Waals surface area contributed by atoms with Gasteiger partial charge < -0.3 is 25.4 Å². The lowest BCUT2D eigenvalue weighted by atomic mass is 9.84. The molecule has 2 aromatic carbocycles. The van der Waals surface area contributed by atoms with Crippen molar-refractivity contribution >= 4 is 17.5 Å². The van der Waals surface area contributed by atoms with Gasteiger partial charge in [-0.15, -0.1) is 13.2 Å². The Bertz CT molecular complexity index is 1030. The molecule has 1 aliphatic rings. The molecular weight excluding hydrogens is 513 g/mol. The number of alkyl halides is 5. The molecular formula is C26H30F5N3O4. The summed E-state index contributed by atoms with van der Waals surface area (Å²) in [6, 6.07) is 9.61. The summed E-state index contributed by atoms with van der Waals surface area (Å²) in [6.07, 6.45) is 0.906. The first-order valence-electron chi connectivity index (χ1n) is 12.3. The Morgan fingerprint density at radius 3 is 2.13 bits per heavy atom. The zero-order chi connectivity index (χ0) is 27.5. The van der Waals surface area contributed by atoms with E-state index in [1.54, 1.807) is 0 Å². The highest BCUT2D eigenvalue weighted by Gasteiger charge is 2.31. The van der Waals surface area contributed by atoms with Gasteiger partial charge in [0.25, 0.3) is 5.91 Å². The van der Waals surface area contributed by atoms with E-state index in [0.29, 0.717) is 18.7 Å². The first kappa shape index (κ1) is 29.0. The number of ether oxygens (including phenoxy) is 2. The predicted molar refractivity (Wildman–Crippen MR) is 130 cm³/mol. The highest BCUT2D eigenvalue weighted by molar-refractivity contribution is 5.97. The van der Waals surface area contributed by atoms with Crippen molar-refractivity contribution in [2.75, 3.05) is 18.4 Å². The minimum atomic E-state index is -4.77. The number of anilines is 1. The number of hydrogen-bond donors (Lipinski definition) is 3. The average Bonchev–Trinajstić information content (AvgIpc) is 2.87. The molecule has 0 aromatic heterocycles. The van der Waals surface area contributed by atoms with Crippen molar-refractivity contribution in [3.05, 3.63) is 54.1 Å². The number of rotatable bonds is 12. The van der Waals surface area contributed by atoms with E-state index < -0.39 is 24.9 Å². The summed E-state index contributed by atoms with van der Waals surface area (Å²) in [7, 11) is 0. The second kappa shape index (κ2) is 13.8. The minimum absolute atomic E-state index is 0.0805. The lowest BCUT2D eigenvalue weighted by molar-refractivity contribution is -0.274. The van der Waals surface area contributed by atoms with E-state index in [0.717, 1.165) is 32.1 Å². The quantitative estimate of drug-likeness (QED) is 0.244. The molecule has 0 radical (unpaired) electrons. The third kappa shape index (κ3) is 10.1. The van der Waals surface area contributed by atoms with Crippen LogP contribution < -0.4 is 25.4 Å². The van der Waals surface area contributed by atoms with Crippen molar-refractivity contribution in [3.63, 3.8) is 0 Å². The fraction of sp³-hybridized carbons (Fsp3) is 0.462. The molecule has 3 rings (SSSR count). The lowest BCUT2D eigenvalue weighted by Gasteiger charge is -2.26. The summed E-state index contributed by atoms with van der Waals surface area (Å²) in [5.74, 6) is -1.00. The Labute approximate surface area is 217 Å². The Balaban J connectivity index is 1.53. The number of nitrogens with one attached hydrogen (secondary N) is 3. The number of carbonyl (C=O) groups excluding carboxylic acids is 2. The monoisotopic (exact) mass is 543 g/mol. The van der Waals surface area contributed by atoms with Gasteiger partial charge in [0.15, 0.2) is 0 Å². The highest BCUT2D eigenvalue weighted by Crippen LogP contribution is 2.28. The van der Waals surface area contributed by atoms with E-state index in [4.69, 9.17) is 0 Å². The zero-order valence-corrected chi connectivity index (χ0v) is 20.5. The van der Waals surface area contributed by atoms with Crippen LogP contribution in [-0.2, 0) is 4.79 Å². The van der Waals surface area contributed by atoms with Gasteiger partial charge >= 0.3 is 13.0 Å². The minimum Gasteiger partial charge on any atom is -0.435 e. The van der Waals surface area contributed by atoms with Crippen LogP contribution in [0.5, 0.6) is 11.5 Å². The molecule has 0 aliphatic heterocycles. The molecule has 1 fully saturated rings. The zero-order valence-electron chi connectivity index (χ0n) is 20.5. The summed E-state index contributed by atoms with van der Waals surface area (Å²) >= 11 is 0. The van der Waals surface area contributed by atoms with Crippen molar-refractivity contribution in [1.29, 1.82) is 0 Å². The Hall–Kier alpha value is -3.57. The highest BCUT2D eigenvalue weighted by atomic mass is 19.4. The van der Waals surface area contributed by atoms with Gasteiger partial charge in [-0.3, -0.25) is 9.59 Å². The first-order chi connectivity index (χ1) is 18.1. The Morgan fingerprint density at radius 2 is 1.53 bits per heavy atom. The SMILES string of the molecule is O=C(NC(CC1CCCCC1)C(=O)NCCNc1ccc(OC(F)(F)F)cc1)c1ccc(OC(F)F)cc1. The van der Waals surface area contributed by atoms with Crippen LogP contribution in [-0.4, -0.2) is 43.9 Å². The van der Waals surface area contributed by atoms with Crippen LogP contribution in [0, 0.1) is 5.92 Å². The van der Waals surface area contributed by atoms with Gasteiger partial charge in [0, 0.05) is 24.3 Å². The lowest BCUT2D eigenvalue weighted by Crippen LogP contribution is -2.48. The van der Waals surface area contributed by atoms with Crippen molar-refractivity contribution in [3.8, 4) is 11.5 Å². The summed E-state index contributed by atoms with van der Waals surface area (Å²) in [4.78, 5) is 25.8. The van der Waals surface area contributed by atoms with E-state index >= 15 is 0 Å². The summed E-state index contributed by atoms with van der Waals surface area (Å²) in [6.45, 7) is -2.48. The Kier molecular flexibility index (Phi) is 10.5. The molecule has 7 nitrogen and oxygen atoms in total. The van der Waals surface area contributed by atoms with Crippen LogP contribution in [0.3, 0.4) is 0 Å². The van der Waals surface area contributed by atoms with E-state index in [-0.39, 0.29) is 35.4 Å². The third-order valence-corrected chi connectivity index (χ3v) is 6.10. The van der Waals surface area contributed by atoms with E-state index in [1.165, 1.54) is 48.5 Å². The second-order valence-corrected chi connectivity index (χ2v) is 8.96. The molecule has 38 heavy (non-hydrogen) atoms. The molecule has 12 heteroatoms. The maximum atomic E-state index is 13.0. The number of amides is 2. The van der Waals surface area contributed by atoms with Crippen LogP contribution in [0.1, 0.15) is 48.9 Å². The van der Waals surface area contributed by atoms with Crippen molar-refractivity contribution in [1.82, 2.24) is 10.6 Å². The molecule has 0 saturated heterocycles. The molecule has 0 spiro atoms. The van der Waals surface area contributed by atoms with E-state index in [9.17, 15) is 31.5 Å². The topological polar surface area (TPSA) is 88.7 Å². The van der Waals surface area contributed by atoms with E-state index in [2.05, 4.69) is 25.4 Å². The Morgan fingerprint density at radius 1 is 0.895 bits per heavy atom. The number of carbonyl (C=O) groups is 2. The normalized spacial score (nSPS) is 15.0. The fourth-order valence-corrected chi connectivity index (χ4v) is 4.31. The molecule has 1 aliphatic carbocycles. The second-order valence-electron chi connectivity index (χ2n) is 8.96. The average molecular weight is 544 g/mol. The molecule has 1 unspecified atom stereocenters. The first-order valence-corrected chi connectivity index (χ1v) is 12.3. The van der Waals surface area contributed by atoms with Crippen LogP contribution in [0.25, 0.3) is 0 Å². The maximum absolute atomic E-state index is 13.0. The van der Waals surface area contributed by atoms with Gasteiger partial charge in [-0.05, 0) is 60.9 Å². The van der Waals surface area contributed by atoms with Crippen molar-refractivity contribution in [2.24, 2.45) is 5.92 Å². The summed E-state index contributed by atoms with van der Waals surface area (Å²) in [5, 5.41) is 8.53. The van der Waals surface area contributed by atoms with Gasteiger partial charge in [-0.1, -0.05) is 32.1 Å². The van der Waals surface area contributed by atoms with Crippen LogP contribution in [0.15, 0.2) is 48.5 Å². The van der Waals surface area contributed by atoms with Crippen molar-refractivity contribution < 1.29 is 41.0 Å². The predicted octanol–water partition coefficient (Wildman–Crippen LogP) is 5.48. The molecule has 2 amide bonds. The molecule has 0 heterocycles. The molecule has 208 valence electrons. The van der Waals surface area contributed by atoms with Gasteiger partial charge in [0.05, 0.1) is 0 Å². The van der Waals surface area contributed by atoms with Gasteiger partial charge in [0.2, 0.25) is 5.91 Å². The molecule has 1 atom stereocenters. The van der Waals surface area contributed by atoms with Gasteiger partial charge in [0.1, 0.15) is 17.5 Å². The third-order valence-electron chi connectivity index (χ3n) is 6.10. The number of halogens is 5. The standard InChI is InChI=1S/C26H30F5N3O4/c27-25(28)37-20-10-6-18(7-11-20)23(35)34-22(16-17-4-2-1-3-5-17)24(36)33-15-14-32-19-8-12-21(13-9-19)38-26(29,30)31/h6-13,17,22,25,32H,1-5,14-16H2,(H,33,36)(H,34,35). The van der Waals surface area contributed by atoms with Crippen LogP contribution in [0.4, 0.5) is 27.6 Å². The molecule has 3 N–H and O–H groups in total. The van der Waals surface area contributed by atoms with Gasteiger partial charge in [-0.25, -0.2) is 0 Å². The largest absolute Gasteiger partial charge is 0.573 e. The number of hydrogen-bond acceptors (Lipinski definition) is 5. The molecule has 0 bridgehead atoms. The van der Waals surface area contributed by atoms with Gasteiger partial charge in [-0.2, -0.15) is 8.78 Å².